The van der Waals surface area contributed by atoms with Crippen LogP contribution in [0.4, 0.5) is 10.6 Å². The molecule has 0 bridgehead atoms. The lowest BCUT2D eigenvalue weighted by atomic mass is 9.85. The Kier molecular flexibility index (Phi) is 4.56. The van der Waals surface area contributed by atoms with Crippen molar-refractivity contribution in [2.24, 2.45) is 5.73 Å². The second-order valence-electron chi connectivity index (χ2n) is 7.60. The van der Waals surface area contributed by atoms with E-state index in [1.54, 1.807) is 11.1 Å². The van der Waals surface area contributed by atoms with Gasteiger partial charge in [-0.3, -0.25) is 4.90 Å². The van der Waals surface area contributed by atoms with Crippen molar-refractivity contribution in [2.45, 2.75) is 51.3 Å². The number of ether oxygens (including phenoxy) is 1. The Morgan fingerprint density at radius 2 is 2.04 bits per heavy atom. The number of hydrogen-bond acceptors (Lipinski definition) is 5. The molecule has 1 aromatic heterocycles. The first-order valence-electron chi connectivity index (χ1n) is 8.64. The minimum Gasteiger partial charge on any atom is -0.444 e. The van der Waals surface area contributed by atoms with Crippen molar-refractivity contribution in [3.63, 3.8) is 0 Å². The molecule has 1 fully saturated rings. The monoisotopic (exact) mass is 342 g/mol. The molecule has 1 aromatic carbocycles. The summed E-state index contributed by atoms with van der Waals surface area (Å²) in [4.78, 5) is 18.1. The highest BCUT2D eigenvalue weighted by molar-refractivity contribution is 5.93. The first-order chi connectivity index (χ1) is 11.8. The van der Waals surface area contributed by atoms with Crippen LogP contribution in [0.3, 0.4) is 0 Å². The number of pyridine rings is 1. The number of benzene rings is 1. The van der Waals surface area contributed by atoms with Crippen LogP contribution in [0, 0.1) is 0 Å². The predicted octanol–water partition coefficient (Wildman–Crippen LogP) is 3.22. The van der Waals surface area contributed by atoms with E-state index in [2.05, 4.69) is 11.1 Å². The molecule has 2 unspecified atom stereocenters. The van der Waals surface area contributed by atoms with Gasteiger partial charge >= 0.3 is 6.09 Å². The van der Waals surface area contributed by atoms with Gasteiger partial charge in [-0.2, -0.15) is 0 Å². The SMILES string of the molecule is CC(C)(C)OC(=O)N1CCC(c2cccc3c(N)nccc23)CC1N. The van der Waals surface area contributed by atoms with Gasteiger partial charge in [-0.15, -0.1) is 0 Å². The van der Waals surface area contributed by atoms with Crippen molar-refractivity contribution >= 4 is 22.7 Å². The van der Waals surface area contributed by atoms with Gasteiger partial charge in [0.15, 0.2) is 0 Å². The van der Waals surface area contributed by atoms with Crippen molar-refractivity contribution in [3.8, 4) is 0 Å². The summed E-state index contributed by atoms with van der Waals surface area (Å²) in [6.07, 6.45) is 2.57. The summed E-state index contributed by atoms with van der Waals surface area (Å²) >= 11 is 0. The van der Waals surface area contributed by atoms with Crippen LogP contribution in [-0.2, 0) is 4.74 Å². The topological polar surface area (TPSA) is 94.5 Å². The average Bonchev–Trinajstić information content (AvgIpc) is 2.53. The number of likely N-dealkylation sites (tertiary alicyclic amines) is 1. The Hall–Kier alpha value is -2.34. The summed E-state index contributed by atoms with van der Waals surface area (Å²) in [6, 6.07) is 8.09. The molecule has 6 heteroatoms. The highest BCUT2D eigenvalue weighted by Gasteiger charge is 2.33. The van der Waals surface area contributed by atoms with Gasteiger partial charge < -0.3 is 16.2 Å². The molecule has 4 N–H and O–H groups in total. The number of aromatic nitrogens is 1. The summed E-state index contributed by atoms with van der Waals surface area (Å²) in [6.45, 7) is 6.16. The third-order valence-electron chi connectivity index (χ3n) is 4.58. The van der Waals surface area contributed by atoms with Crippen LogP contribution in [0.15, 0.2) is 30.5 Å². The largest absolute Gasteiger partial charge is 0.444 e. The number of hydrogen-bond donors (Lipinski definition) is 2. The zero-order chi connectivity index (χ0) is 18.2. The van der Waals surface area contributed by atoms with E-state index in [0.29, 0.717) is 18.8 Å². The average molecular weight is 342 g/mol. The van der Waals surface area contributed by atoms with E-state index < -0.39 is 5.60 Å². The molecule has 1 amide bonds. The van der Waals surface area contributed by atoms with Gasteiger partial charge in [0.05, 0.1) is 6.17 Å². The molecule has 1 saturated heterocycles. The molecule has 2 atom stereocenters. The molecule has 6 nitrogen and oxygen atoms in total. The second-order valence-corrected chi connectivity index (χ2v) is 7.60. The van der Waals surface area contributed by atoms with E-state index in [9.17, 15) is 4.79 Å². The van der Waals surface area contributed by atoms with Gasteiger partial charge in [-0.1, -0.05) is 18.2 Å². The van der Waals surface area contributed by atoms with Crippen LogP contribution >= 0.6 is 0 Å². The maximum Gasteiger partial charge on any atom is 0.411 e. The lowest BCUT2D eigenvalue weighted by Crippen LogP contribution is -2.51. The molecule has 2 heterocycles. The van der Waals surface area contributed by atoms with Crippen LogP contribution in [0.5, 0.6) is 0 Å². The molecule has 0 spiro atoms. The Morgan fingerprint density at radius 1 is 1.28 bits per heavy atom. The fourth-order valence-corrected chi connectivity index (χ4v) is 3.44. The Balaban J connectivity index is 1.80. The summed E-state index contributed by atoms with van der Waals surface area (Å²) in [5.41, 5.74) is 13.0. The van der Waals surface area contributed by atoms with Crippen molar-refractivity contribution < 1.29 is 9.53 Å². The smallest absolute Gasteiger partial charge is 0.411 e. The predicted molar refractivity (Wildman–Crippen MR) is 99.0 cm³/mol. The number of nitrogens with two attached hydrogens (primary N) is 2. The molecule has 0 saturated carbocycles. The van der Waals surface area contributed by atoms with Gasteiger partial charge in [0.1, 0.15) is 11.4 Å². The zero-order valence-electron chi connectivity index (χ0n) is 15.0. The highest BCUT2D eigenvalue weighted by Crippen LogP contribution is 2.35. The minimum atomic E-state index is -0.520. The van der Waals surface area contributed by atoms with E-state index in [1.807, 2.05) is 39.0 Å². The quantitative estimate of drug-likeness (QED) is 0.830. The number of carbonyl (C=O) groups excluding carboxylic acids is 1. The fraction of sp³-hybridized carbons (Fsp3) is 0.474. The summed E-state index contributed by atoms with van der Waals surface area (Å²) < 4.78 is 5.46. The standard InChI is InChI=1S/C19H26N4O2/c1-19(2,3)25-18(24)23-10-8-12(11-16(23)20)13-5-4-6-15-14(13)7-9-22-17(15)21/h4-7,9,12,16H,8,10-11,20H2,1-3H3,(H2,21,22). The van der Waals surface area contributed by atoms with E-state index in [0.717, 1.165) is 17.2 Å². The third kappa shape index (κ3) is 3.69. The number of rotatable bonds is 1. The molecule has 134 valence electrons. The Bertz CT molecular complexity index is 785. The van der Waals surface area contributed by atoms with Gasteiger partial charge in [-0.05, 0) is 56.5 Å². The van der Waals surface area contributed by atoms with E-state index in [-0.39, 0.29) is 18.2 Å². The third-order valence-corrected chi connectivity index (χ3v) is 4.58. The van der Waals surface area contributed by atoms with E-state index in [1.165, 1.54) is 5.56 Å². The Morgan fingerprint density at radius 3 is 2.72 bits per heavy atom. The number of amides is 1. The lowest BCUT2D eigenvalue weighted by Gasteiger charge is -2.38. The van der Waals surface area contributed by atoms with Crippen LogP contribution in [0.25, 0.3) is 10.8 Å². The molecule has 1 aliphatic heterocycles. The summed E-state index contributed by atoms with van der Waals surface area (Å²) in [5.74, 6) is 0.814. The van der Waals surface area contributed by atoms with Gasteiger partial charge in [0.2, 0.25) is 0 Å². The number of fused-ring (bicyclic) bond motifs is 1. The lowest BCUT2D eigenvalue weighted by molar-refractivity contribution is 0.00893. The van der Waals surface area contributed by atoms with Crippen molar-refractivity contribution in [1.29, 1.82) is 0 Å². The normalized spacial score (nSPS) is 21.4. The Labute approximate surface area is 148 Å². The van der Waals surface area contributed by atoms with Crippen molar-refractivity contribution in [3.05, 3.63) is 36.0 Å². The van der Waals surface area contributed by atoms with E-state index >= 15 is 0 Å². The summed E-state index contributed by atoms with van der Waals surface area (Å²) in [7, 11) is 0. The fourth-order valence-electron chi connectivity index (χ4n) is 3.44. The molecule has 0 radical (unpaired) electrons. The van der Waals surface area contributed by atoms with Crippen molar-refractivity contribution in [2.75, 3.05) is 12.3 Å². The van der Waals surface area contributed by atoms with Gasteiger partial charge in [0, 0.05) is 18.1 Å². The number of anilines is 1. The first-order valence-corrected chi connectivity index (χ1v) is 8.64. The molecule has 25 heavy (non-hydrogen) atoms. The number of nitrogens with zero attached hydrogens (tertiary/aromatic N) is 2. The van der Waals surface area contributed by atoms with Gasteiger partial charge in [0.25, 0.3) is 0 Å². The number of carbonyl (C=O) groups is 1. The molecule has 2 aromatic rings. The maximum atomic E-state index is 12.3. The first kappa shape index (κ1) is 17.5. The van der Waals surface area contributed by atoms with Crippen molar-refractivity contribution in [1.82, 2.24) is 9.88 Å². The highest BCUT2D eigenvalue weighted by atomic mass is 16.6. The summed E-state index contributed by atoms with van der Waals surface area (Å²) in [5, 5.41) is 2.07. The van der Waals surface area contributed by atoms with Crippen LogP contribution in [0.1, 0.15) is 45.1 Å². The minimum absolute atomic E-state index is 0.277. The molecule has 3 rings (SSSR count). The molecular formula is C19H26N4O2. The molecule has 1 aliphatic rings. The van der Waals surface area contributed by atoms with Crippen LogP contribution in [-0.4, -0.2) is 34.3 Å². The zero-order valence-corrected chi connectivity index (χ0v) is 15.0. The van der Waals surface area contributed by atoms with Crippen LogP contribution in [0.2, 0.25) is 0 Å². The molecular weight excluding hydrogens is 316 g/mol. The van der Waals surface area contributed by atoms with E-state index in [4.69, 9.17) is 16.2 Å². The maximum absolute atomic E-state index is 12.3. The number of nitrogen functional groups attached to an aromatic ring is 1. The number of piperidine rings is 1. The van der Waals surface area contributed by atoms with Gasteiger partial charge in [-0.25, -0.2) is 9.78 Å². The van der Waals surface area contributed by atoms with Crippen LogP contribution < -0.4 is 11.5 Å². The second kappa shape index (κ2) is 6.52. The molecule has 0 aliphatic carbocycles.